The number of hydrogen-bond donors (Lipinski definition) is 4. The minimum Gasteiger partial charge on any atom is -0.478 e. The first-order chi connectivity index (χ1) is 12.5. The van der Waals surface area contributed by atoms with Crippen molar-refractivity contribution in [2.45, 2.75) is 0 Å². The third-order valence-electron chi connectivity index (χ3n) is 3.71. The highest BCUT2D eigenvalue weighted by atomic mass is 16.6. The summed E-state index contributed by atoms with van der Waals surface area (Å²) in [7, 11) is 0. The van der Waals surface area contributed by atoms with Gasteiger partial charge in [-0.05, 0) is 24.3 Å². The largest absolute Gasteiger partial charge is 0.478 e. The van der Waals surface area contributed by atoms with Gasteiger partial charge in [0.2, 0.25) is 0 Å². The fourth-order valence-corrected chi connectivity index (χ4v) is 2.51. The summed E-state index contributed by atoms with van der Waals surface area (Å²) in [5, 5.41) is 41.7. The van der Waals surface area contributed by atoms with Gasteiger partial charge in [-0.25, -0.2) is 4.79 Å². The average Bonchev–Trinajstić information content (AvgIpc) is 2.62. The van der Waals surface area contributed by atoms with Crippen LogP contribution in [0.3, 0.4) is 0 Å². The fraction of sp³-hybridized carbons (Fsp3) is 0.235. The van der Waals surface area contributed by atoms with Crippen molar-refractivity contribution in [3.05, 3.63) is 58.1 Å². The van der Waals surface area contributed by atoms with Crippen LogP contribution in [0.2, 0.25) is 0 Å². The second kappa shape index (κ2) is 8.79. The topological polar surface area (TPSA) is 136 Å². The van der Waals surface area contributed by atoms with Gasteiger partial charge in [0.25, 0.3) is 5.69 Å². The third kappa shape index (κ3) is 4.47. The van der Waals surface area contributed by atoms with E-state index in [1.807, 2.05) is 0 Å². The van der Waals surface area contributed by atoms with Gasteiger partial charge in [0, 0.05) is 24.8 Å². The lowest BCUT2D eigenvalue weighted by Crippen LogP contribution is -2.29. The number of benzene rings is 2. The first-order valence-electron chi connectivity index (χ1n) is 7.82. The van der Waals surface area contributed by atoms with Gasteiger partial charge in [-0.3, -0.25) is 10.1 Å². The van der Waals surface area contributed by atoms with Crippen LogP contribution in [0.5, 0.6) is 0 Å². The lowest BCUT2D eigenvalue weighted by Gasteiger charge is -2.23. The predicted molar refractivity (Wildman–Crippen MR) is 96.2 cm³/mol. The molecule has 0 radical (unpaired) electrons. The lowest BCUT2D eigenvalue weighted by atomic mass is 10.1. The molecule has 2 aromatic carbocycles. The van der Waals surface area contributed by atoms with Crippen LogP contribution in [0.1, 0.15) is 10.4 Å². The molecule has 2 aromatic rings. The summed E-state index contributed by atoms with van der Waals surface area (Å²) in [6.45, 7) is 0.0955. The smallest absolute Gasteiger partial charge is 0.337 e. The minimum absolute atomic E-state index is 0.00642. The Morgan fingerprint density at radius 2 is 1.73 bits per heavy atom. The summed E-state index contributed by atoms with van der Waals surface area (Å²) in [5.41, 5.74) is 0.590. The standard InChI is InChI=1S/C17H19N3O6/c21-9-7-19(8-10-22)12-5-6-15(16(11-12)20(25)26)18-14-4-2-1-3-13(14)17(23)24/h1-6,11,18,21-22H,7-10H2,(H,23,24). The average molecular weight is 361 g/mol. The number of nitrogens with zero attached hydrogens (tertiary/aromatic N) is 2. The molecule has 0 unspecified atom stereocenters. The summed E-state index contributed by atoms with van der Waals surface area (Å²) in [6.07, 6.45) is 0. The number of para-hydroxylation sites is 1. The number of hydrogen-bond acceptors (Lipinski definition) is 7. The van der Waals surface area contributed by atoms with Crippen LogP contribution in [-0.4, -0.2) is 52.5 Å². The molecule has 0 fully saturated rings. The molecule has 0 saturated heterocycles. The normalized spacial score (nSPS) is 10.4. The number of nitrogens with one attached hydrogen (secondary N) is 1. The van der Waals surface area contributed by atoms with E-state index >= 15 is 0 Å². The second-order valence-electron chi connectivity index (χ2n) is 5.37. The van der Waals surface area contributed by atoms with Crippen LogP contribution in [0, 0.1) is 10.1 Å². The van der Waals surface area contributed by atoms with Gasteiger partial charge in [0.1, 0.15) is 5.69 Å². The van der Waals surface area contributed by atoms with Crippen LogP contribution in [0.25, 0.3) is 0 Å². The number of carbonyl (C=O) groups is 1. The molecule has 0 aliphatic carbocycles. The van der Waals surface area contributed by atoms with Crippen molar-refractivity contribution in [1.82, 2.24) is 0 Å². The maximum atomic E-state index is 11.5. The number of aromatic carboxylic acids is 1. The molecule has 0 aliphatic rings. The lowest BCUT2D eigenvalue weighted by molar-refractivity contribution is -0.383. The molecular formula is C17H19N3O6. The van der Waals surface area contributed by atoms with Crippen LogP contribution in [0.4, 0.5) is 22.7 Å². The number of nitro benzene ring substituents is 1. The van der Waals surface area contributed by atoms with E-state index in [-0.39, 0.29) is 48.9 Å². The fourth-order valence-electron chi connectivity index (χ4n) is 2.51. The number of aliphatic hydroxyl groups is 2. The molecule has 26 heavy (non-hydrogen) atoms. The van der Waals surface area contributed by atoms with Gasteiger partial charge >= 0.3 is 5.97 Å². The molecule has 0 aliphatic heterocycles. The molecule has 2 rings (SSSR count). The SMILES string of the molecule is O=C(O)c1ccccc1Nc1ccc(N(CCO)CCO)cc1[N+](=O)[O-]. The van der Waals surface area contributed by atoms with Crippen molar-refractivity contribution in [1.29, 1.82) is 0 Å². The van der Waals surface area contributed by atoms with E-state index in [2.05, 4.69) is 5.32 Å². The Hall–Kier alpha value is -3.17. The minimum atomic E-state index is -1.15. The van der Waals surface area contributed by atoms with Crippen molar-refractivity contribution in [3.8, 4) is 0 Å². The van der Waals surface area contributed by atoms with E-state index in [0.717, 1.165) is 0 Å². The molecule has 0 spiro atoms. The maximum absolute atomic E-state index is 11.5. The first kappa shape index (κ1) is 19.2. The molecule has 4 N–H and O–H groups in total. The number of carboxylic acids is 1. The van der Waals surface area contributed by atoms with Gasteiger partial charge < -0.3 is 25.5 Å². The van der Waals surface area contributed by atoms with Gasteiger partial charge in [0.05, 0.1) is 29.4 Å². The molecule has 0 amide bonds. The Balaban J connectivity index is 2.41. The zero-order valence-electron chi connectivity index (χ0n) is 13.8. The van der Waals surface area contributed by atoms with E-state index in [9.17, 15) is 20.0 Å². The van der Waals surface area contributed by atoms with Crippen LogP contribution in [-0.2, 0) is 0 Å². The van der Waals surface area contributed by atoms with Gasteiger partial charge in [-0.2, -0.15) is 0 Å². The van der Waals surface area contributed by atoms with Crippen molar-refractivity contribution < 1.29 is 25.0 Å². The molecule has 138 valence electrons. The highest BCUT2D eigenvalue weighted by Gasteiger charge is 2.19. The van der Waals surface area contributed by atoms with Crippen LogP contribution in [0.15, 0.2) is 42.5 Å². The molecule has 0 atom stereocenters. The Kier molecular flexibility index (Phi) is 6.48. The van der Waals surface area contributed by atoms with E-state index in [0.29, 0.717) is 5.69 Å². The number of nitro groups is 1. The van der Waals surface area contributed by atoms with Gasteiger partial charge in [-0.1, -0.05) is 12.1 Å². The van der Waals surface area contributed by atoms with Crippen LogP contribution < -0.4 is 10.2 Å². The Bertz CT molecular complexity index is 790. The monoisotopic (exact) mass is 361 g/mol. The van der Waals surface area contributed by atoms with Crippen molar-refractivity contribution in [2.24, 2.45) is 0 Å². The quantitative estimate of drug-likeness (QED) is 0.392. The predicted octanol–water partition coefficient (Wildman–Crippen LogP) is 1.83. The van der Waals surface area contributed by atoms with E-state index < -0.39 is 10.9 Å². The van der Waals surface area contributed by atoms with Crippen molar-refractivity contribution in [3.63, 3.8) is 0 Å². The number of aliphatic hydroxyl groups excluding tert-OH is 2. The number of anilines is 3. The molecule has 0 aromatic heterocycles. The summed E-state index contributed by atoms with van der Waals surface area (Å²) in [6, 6.07) is 10.5. The van der Waals surface area contributed by atoms with Crippen molar-refractivity contribution in [2.75, 3.05) is 36.5 Å². The Labute approximate surface area is 149 Å². The van der Waals surface area contributed by atoms with Gasteiger partial charge in [-0.15, -0.1) is 0 Å². The maximum Gasteiger partial charge on any atom is 0.337 e. The summed E-state index contributed by atoms with van der Waals surface area (Å²) >= 11 is 0. The van der Waals surface area contributed by atoms with Gasteiger partial charge in [0.15, 0.2) is 0 Å². The van der Waals surface area contributed by atoms with E-state index in [1.54, 1.807) is 23.1 Å². The molecule has 9 nitrogen and oxygen atoms in total. The van der Waals surface area contributed by atoms with Crippen LogP contribution >= 0.6 is 0 Å². The second-order valence-corrected chi connectivity index (χ2v) is 5.37. The molecule has 9 heteroatoms. The highest BCUT2D eigenvalue weighted by molar-refractivity contribution is 5.95. The Morgan fingerprint density at radius 3 is 2.31 bits per heavy atom. The number of rotatable bonds is 9. The molecule has 0 saturated carbocycles. The third-order valence-corrected chi connectivity index (χ3v) is 3.71. The molecule has 0 bridgehead atoms. The number of carboxylic acid groups (broad SMARTS) is 1. The first-order valence-corrected chi connectivity index (χ1v) is 7.82. The van der Waals surface area contributed by atoms with E-state index in [1.165, 1.54) is 24.3 Å². The molecular weight excluding hydrogens is 342 g/mol. The summed E-state index contributed by atoms with van der Waals surface area (Å²) in [4.78, 5) is 23.8. The van der Waals surface area contributed by atoms with E-state index in [4.69, 9.17) is 10.2 Å². The summed E-state index contributed by atoms with van der Waals surface area (Å²) < 4.78 is 0. The van der Waals surface area contributed by atoms with Crippen molar-refractivity contribution >= 4 is 28.7 Å². The highest BCUT2D eigenvalue weighted by Crippen LogP contribution is 2.32. The summed E-state index contributed by atoms with van der Waals surface area (Å²) in [5.74, 6) is -1.15. The zero-order chi connectivity index (χ0) is 19.1. The Morgan fingerprint density at radius 1 is 1.08 bits per heavy atom. The molecule has 0 heterocycles. The zero-order valence-corrected chi connectivity index (χ0v) is 13.8.